The maximum absolute atomic E-state index is 13.3. The lowest BCUT2D eigenvalue weighted by molar-refractivity contribution is -0.131. The smallest absolute Gasteiger partial charge is 0.254 e. The number of hydrogen-bond acceptors (Lipinski definition) is 3. The van der Waals surface area contributed by atoms with Gasteiger partial charge in [0.15, 0.2) is 0 Å². The molecule has 2 aromatic rings. The van der Waals surface area contributed by atoms with E-state index in [1.807, 2.05) is 28.0 Å². The molecule has 0 radical (unpaired) electrons. The van der Waals surface area contributed by atoms with Crippen LogP contribution < -0.4 is 0 Å². The summed E-state index contributed by atoms with van der Waals surface area (Å²) >= 11 is 0. The van der Waals surface area contributed by atoms with Crippen LogP contribution in [0.2, 0.25) is 0 Å². The lowest BCUT2D eigenvalue weighted by Gasteiger charge is -2.34. The Morgan fingerprint density at radius 1 is 1.00 bits per heavy atom. The molecule has 0 N–H and O–H groups in total. The first kappa shape index (κ1) is 17.7. The van der Waals surface area contributed by atoms with Crippen molar-refractivity contribution in [2.45, 2.75) is 44.2 Å². The first-order valence-electron chi connectivity index (χ1n) is 9.70. The van der Waals surface area contributed by atoms with Gasteiger partial charge in [-0.25, -0.2) is 0 Å². The zero-order valence-electron chi connectivity index (χ0n) is 15.6. The van der Waals surface area contributed by atoms with Gasteiger partial charge in [0.2, 0.25) is 5.91 Å². The lowest BCUT2D eigenvalue weighted by Crippen LogP contribution is -2.48. The van der Waals surface area contributed by atoms with Gasteiger partial charge in [-0.15, -0.1) is 0 Å². The quantitative estimate of drug-likeness (QED) is 0.824. The number of benzene rings is 1. The normalized spacial score (nSPS) is 25.0. The highest BCUT2D eigenvalue weighted by Gasteiger charge is 2.48. The predicted octanol–water partition coefficient (Wildman–Crippen LogP) is 3.09. The Morgan fingerprint density at radius 3 is 2.44 bits per heavy atom. The van der Waals surface area contributed by atoms with E-state index in [4.69, 9.17) is 0 Å². The van der Waals surface area contributed by atoms with Crippen LogP contribution in [-0.4, -0.2) is 51.8 Å². The largest absolute Gasteiger partial charge is 0.337 e. The van der Waals surface area contributed by atoms with Gasteiger partial charge in [0.1, 0.15) is 0 Å². The average molecular weight is 363 g/mol. The molecule has 27 heavy (non-hydrogen) atoms. The summed E-state index contributed by atoms with van der Waals surface area (Å²) in [5, 5.41) is 0. The number of carbonyl (C=O) groups excluding carboxylic acids is 2. The monoisotopic (exact) mass is 363 g/mol. The van der Waals surface area contributed by atoms with Crippen molar-refractivity contribution in [3.8, 4) is 0 Å². The first-order chi connectivity index (χ1) is 13.2. The van der Waals surface area contributed by atoms with E-state index in [0.717, 1.165) is 25.8 Å². The summed E-state index contributed by atoms with van der Waals surface area (Å²) in [6.45, 7) is 3.07. The molecule has 1 aromatic carbocycles. The fourth-order valence-electron chi connectivity index (χ4n) is 4.71. The molecule has 2 aliphatic rings. The van der Waals surface area contributed by atoms with Crippen molar-refractivity contribution in [1.82, 2.24) is 14.8 Å². The third-order valence-corrected chi connectivity index (χ3v) is 5.93. The minimum absolute atomic E-state index is 0.0382. The number of aromatic nitrogens is 1. The van der Waals surface area contributed by atoms with Crippen LogP contribution in [0.1, 0.15) is 48.0 Å². The SMILES string of the molecule is CC(=O)N1CCCC[C@H]2[C@@H]1[C@H](c1ccccc1)CN2C(=O)c1ccncc1. The molecule has 1 aromatic heterocycles. The zero-order valence-corrected chi connectivity index (χ0v) is 15.6. The fraction of sp³-hybridized carbons (Fsp3) is 0.409. The van der Waals surface area contributed by atoms with Crippen molar-refractivity contribution < 1.29 is 9.59 Å². The number of nitrogens with zero attached hydrogens (tertiary/aromatic N) is 3. The molecule has 140 valence electrons. The van der Waals surface area contributed by atoms with Crippen molar-refractivity contribution in [3.05, 3.63) is 66.0 Å². The second-order valence-corrected chi connectivity index (χ2v) is 7.48. The number of hydrogen-bond donors (Lipinski definition) is 0. The third-order valence-electron chi connectivity index (χ3n) is 5.93. The fourth-order valence-corrected chi connectivity index (χ4v) is 4.71. The molecule has 0 saturated carbocycles. The minimum Gasteiger partial charge on any atom is -0.337 e. The molecule has 0 unspecified atom stereocenters. The zero-order chi connectivity index (χ0) is 18.8. The van der Waals surface area contributed by atoms with Crippen LogP contribution in [0.3, 0.4) is 0 Å². The topological polar surface area (TPSA) is 53.5 Å². The average Bonchev–Trinajstić information content (AvgIpc) is 2.93. The molecular formula is C22H25N3O2. The second-order valence-electron chi connectivity index (χ2n) is 7.48. The van der Waals surface area contributed by atoms with Crippen LogP contribution in [0.4, 0.5) is 0 Å². The van der Waals surface area contributed by atoms with Crippen LogP contribution in [0.25, 0.3) is 0 Å². The highest BCUT2D eigenvalue weighted by Crippen LogP contribution is 2.40. The molecule has 2 fully saturated rings. The van der Waals surface area contributed by atoms with Crippen molar-refractivity contribution in [2.24, 2.45) is 0 Å². The minimum atomic E-state index is 0.0382. The van der Waals surface area contributed by atoms with E-state index in [-0.39, 0.29) is 29.8 Å². The van der Waals surface area contributed by atoms with Gasteiger partial charge in [0, 0.05) is 43.9 Å². The Kier molecular flexibility index (Phi) is 4.92. The molecule has 0 spiro atoms. The number of pyridine rings is 1. The summed E-state index contributed by atoms with van der Waals surface area (Å²) in [6, 6.07) is 13.9. The summed E-state index contributed by atoms with van der Waals surface area (Å²) in [5.74, 6) is 0.284. The van der Waals surface area contributed by atoms with Crippen molar-refractivity contribution in [2.75, 3.05) is 13.1 Å². The van der Waals surface area contributed by atoms with E-state index < -0.39 is 0 Å². The Morgan fingerprint density at radius 2 is 1.74 bits per heavy atom. The number of rotatable bonds is 2. The van der Waals surface area contributed by atoms with Gasteiger partial charge >= 0.3 is 0 Å². The molecule has 0 aliphatic carbocycles. The van der Waals surface area contributed by atoms with Gasteiger partial charge in [0.25, 0.3) is 5.91 Å². The van der Waals surface area contributed by atoms with Crippen LogP contribution >= 0.6 is 0 Å². The molecular weight excluding hydrogens is 338 g/mol. The molecule has 2 amide bonds. The molecule has 0 bridgehead atoms. The second kappa shape index (κ2) is 7.51. The molecule has 3 heterocycles. The van der Waals surface area contributed by atoms with E-state index in [2.05, 4.69) is 17.1 Å². The Labute approximate surface area is 160 Å². The van der Waals surface area contributed by atoms with E-state index in [1.54, 1.807) is 31.5 Å². The van der Waals surface area contributed by atoms with Gasteiger partial charge in [-0.1, -0.05) is 30.3 Å². The van der Waals surface area contributed by atoms with Gasteiger partial charge in [-0.3, -0.25) is 14.6 Å². The number of likely N-dealkylation sites (tertiary alicyclic amines) is 2. The highest BCUT2D eigenvalue weighted by atomic mass is 16.2. The summed E-state index contributed by atoms with van der Waals surface area (Å²) in [5.41, 5.74) is 1.86. The van der Waals surface area contributed by atoms with E-state index in [9.17, 15) is 9.59 Å². The Hall–Kier alpha value is -2.69. The van der Waals surface area contributed by atoms with Gasteiger partial charge in [0.05, 0.1) is 12.1 Å². The summed E-state index contributed by atoms with van der Waals surface area (Å²) in [7, 11) is 0. The standard InChI is InChI=1S/C22H25N3O2/c1-16(26)24-14-6-5-9-20-21(24)19(17-7-3-2-4-8-17)15-25(20)22(27)18-10-12-23-13-11-18/h2-4,7-8,10-13,19-21H,5-6,9,14-15H2,1H3/t19-,20-,21-/m0/s1. The van der Waals surface area contributed by atoms with E-state index in [1.165, 1.54) is 5.56 Å². The maximum Gasteiger partial charge on any atom is 0.254 e. The molecule has 2 saturated heterocycles. The van der Waals surface area contributed by atoms with Crippen LogP contribution in [0.15, 0.2) is 54.9 Å². The van der Waals surface area contributed by atoms with E-state index in [0.29, 0.717) is 12.1 Å². The first-order valence-corrected chi connectivity index (χ1v) is 9.70. The van der Waals surface area contributed by atoms with Crippen molar-refractivity contribution in [3.63, 3.8) is 0 Å². The van der Waals surface area contributed by atoms with Crippen molar-refractivity contribution in [1.29, 1.82) is 0 Å². The van der Waals surface area contributed by atoms with Gasteiger partial charge in [-0.2, -0.15) is 0 Å². The van der Waals surface area contributed by atoms with Gasteiger partial charge < -0.3 is 9.80 Å². The summed E-state index contributed by atoms with van der Waals surface area (Å²) < 4.78 is 0. The van der Waals surface area contributed by atoms with Crippen LogP contribution in [0, 0.1) is 0 Å². The molecule has 4 rings (SSSR count). The maximum atomic E-state index is 13.3. The summed E-state index contributed by atoms with van der Waals surface area (Å²) in [4.78, 5) is 33.7. The highest BCUT2D eigenvalue weighted by molar-refractivity contribution is 5.94. The van der Waals surface area contributed by atoms with E-state index >= 15 is 0 Å². The Balaban J connectivity index is 1.74. The van der Waals surface area contributed by atoms with Crippen LogP contribution in [0.5, 0.6) is 0 Å². The van der Waals surface area contributed by atoms with Gasteiger partial charge in [-0.05, 0) is 37.0 Å². The molecule has 3 atom stereocenters. The molecule has 5 heteroatoms. The third kappa shape index (κ3) is 3.34. The predicted molar refractivity (Wildman–Crippen MR) is 103 cm³/mol. The summed E-state index contributed by atoms with van der Waals surface area (Å²) in [6.07, 6.45) is 6.28. The number of fused-ring (bicyclic) bond motifs is 1. The number of carbonyl (C=O) groups is 2. The Bertz CT molecular complexity index is 809. The number of amides is 2. The molecule has 2 aliphatic heterocycles. The van der Waals surface area contributed by atoms with Crippen LogP contribution in [-0.2, 0) is 4.79 Å². The lowest BCUT2D eigenvalue weighted by atomic mass is 9.89. The van der Waals surface area contributed by atoms with Crippen molar-refractivity contribution >= 4 is 11.8 Å². The molecule has 5 nitrogen and oxygen atoms in total.